The first-order chi connectivity index (χ1) is 31.3. The summed E-state index contributed by atoms with van der Waals surface area (Å²) in [5, 5.41) is 7.23. The van der Waals surface area contributed by atoms with Crippen molar-refractivity contribution in [2.75, 3.05) is 0 Å². The lowest BCUT2D eigenvalue weighted by Crippen LogP contribution is -2.04. The predicted molar refractivity (Wildman–Crippen MR) is 259 cm³/mol. The van der Waals surface area contributed by atoms with Gasteiger partial charge < -0.3 is 13.7 Å². The third-order valence-electron chi connectivity index (χ3n) is 12.5. The third-order valence-corrected chi connectivity index (χ3v) is 12.5. The van der Waals surface area contributed by atoms with E-state index < -0.39 is 0 Å². The molecule has 6 heteroatoms. The van der Waals surface area contributed by atoms with Gasteiger partial charge in [-0.2, -0.15) is 0 Å². The van der Waals surface area contributed by atoms with Crippen LogP contribution in [0.25, 0.3) is 117 Å². The highest BCUT2D eigenvalue weighted by Gasteiger charge is 2.23. The zero-order valence-corrected chi connectivity index (χ0v) is 34.0. The molecule has 4 aromatic heterocycles. The van der Waals surface area contributed by atoms with E-state index in [4.69, 9.17) is 15.0 Å². The number of rotatable bonds is 6. The monoisotopic (exact) mass is 804 g/mol. The zero-order chi connectivity index (χ0) is 41.4. The highest BCUT2D eigenvalue weighted by atomic mass is 15.1. The summed E-state index contributed by atoms with van der Waals surface area (Å²) in [6.45, 7) is 0. The van der Waals surface area contributed by atoms with Crippen LogP contribution in [0.5, 0.6) is 0 Å². The third kappa shape index (κ3) is 5.48. The fourth-order valence-electron chi connectivity index (χ4n) is 9.71. The Morgan fingerprint density at radius 1 is 0.238 bits per heavy atom. The molecule has 0 aliphatic heterocycles. The van der Waals surface area contributed by atoms with E-state index in [0.717, 1.165) is 61.2 Å². The molecule has 0 spiro atoms. The fraction of sp³-hybridized carbons (Fsp3) is 0. The van der Waals surface area contributed by atoms with Gasteiger partial charge in [0.15, 0.2) is 17.5 Å². The van der Waals surface area contributed by atoms with Crippen LogP contribution in [0.1, 0.15) is 0 Å². The van der Waals surface area contributed by atoms with E-state index in [-0.39, 0.29) is 0 Å². The van der Waals surface area contributed by atoms with Crippen LogP contribution in [0.15, 0.2) is 218 Å². The number of para-hydroxylation sites is 5. The second-order valence-electron chi connectivity index (χ2n) is 16.0. The molecule has 9 aromatic carbocycles. The van der Waals surface area contributed by atoms with Crippen LogP contribution >= 0.6 is 0 Å². The summed E-state index contributed by atoms with van der Waals surface area (Å²) >= 11 is 0. The first-order valence-corrected chi connectivity index (χ1v) is 21.3. The minimum atomic E-state index is 0.616. The van der Waals surface area contributed by atoms with E-state index in [1.165, 1.54) is 38.0 Å². The second kappa shape index (κ2) is 14.0. The van der Waals surface area contributed by atoms with Gasteiger partial charge in [0.1, 0.15) is 0 Å². The van der Waals surface area contributed by atoms with Gasteiger partial charge in [-0.3, -0.25) is 0 Å². The van der Waals surface area contributed by atoms with Gasteiger partial charge in [-0.25, -0.2) is 15.0 Å². The molecule has 13 rings (SSSR count). The number of hydrogen-bond acceptors (Lipinski definition) is 3. The smallest absolute Gasteiger partial charge is 0.164 e. The van der Waals surface area contributed by atoms with Crippen LogP contribution < -0.4 is 0 Å². The Morgan fingerprint density at radius 2 is 0.587 bits per heavy atom. The van der Waals surface area contributed by atoms with Gasteiger partial charge in [-0.15, -0.1) is 0 Å². The van der Waals surface area contributed by atoms with Crippen molar-refractivity contribution in [3.05, 3.63) is 218 Å². The Morgan fingerprint density at radius 3 is 1.05 bits per heavy atom. The van der Waals surface area contributed by atoms with Crippen molar-refractivity contribution in [2.24, 2.45) is 0 Å². The molecule has 0 atom stereocenters. The molecular weight excluding hydrogens is 769 g/mol. The van der Waals surface area contributed by atoms with Crippen LogP contribution in [-0.2, 0) is 0 Å². The average Bonchev–Trinajstić information content (AvgIpc) is 3.99. The van der Waals surface area contributed by atoms with Crippen molar-refractivity contribution in [2.45, 2.75) is 0 Å². The minimum Gasteiger partial charge on any atom is -0.309 e. The fourth-order valence-corrected chi connectivity index (χ4v) is 9.71. The molecule has 4 heterocycles. The largest absolute Gasteiger partial charge is 0.309 e. The van der Waals surface area contributed by atoms with Gasteiger partial charge in [-0.05, 0) is 54.6 Å². The van der Waals surface area contributed by atoms with Crippen LogP contribution in [0.3, 0.4) is 0 Å². The maximum absolute atomic E-state index is 5.10. The van der Waals surface area contributed by atoms with Crippen LogP contribution in [0, 0.1) is 0 Å². The van der Waals surface area contributed by atoms with E-state index >= 15 is 0 Å². The summed E-state index contributed by atoms with van der Waals surface area (Å²) in [4.78, 5) is 15.2. The second-order valence-corrected chi connectivity index (χ2v) is 16.0. The summed E-state index contributed by atoms with van der Waals surface area (Å²) in [5.74, 6) is 1.88. The van der Waals surface area contributed by atoms with Gasteiger partial charge in [0.2, 0.25) is 0 Å². The lowest BCUT2D eigenvalue weighted by atomic mass is 10.1. The molecule has 0 saturated heterocycles. The van der Waals surface area contributed by atoms with Crippen LogP contribution in [0.2, 0.25) is 0 Å². The van der Waals surface area contributed by atoms with Crippen molar-refractivity contribution in [3.63, 3.8) is 0 Å². The molecule has 0 bridgehead atoms. The molecule has 0 saturated carbocycles. The Balaban J connectivity index is 1.11. The lowest BCUT2D eigenvalue weighted by Gasteiger charge is -2.18. The number of benzene rings is 9. The summed E-state index contributed by atoms with van der Waals surface area (Å²) in [7, 11) is 0. The molecule has 294 valence electrons. The van der Waals surface area contributed by atoms with E-state index in [1.807, 2.05) is 60.7 Å². The zero-order valence-electron chi connectivity index (χ0n) is 34.0. The van der Waals surface area contributed by atoms with E-state index in [9.17, 15) is 0 Å². The highest BCUT2D eigenvalue weighted by Crippen LogP contribution is 2.42. The maximum atomic E-state index is 5.10. The average molecular weight is 805 g/mol. The Kier molecular flexibility index (Phi) is 7.80. The van der Waals surface area contributed by atoms with Crippen molar-refractivity contribution in [1.82, 2.24) is 28.7 Å². The SMILES string of the molecule is c1ccc(-c2nc(-c3ccccc3)nc(-c3cccc(-n4c5ccccc5c5cc(-n6c7ccccc7c7ccccc76)c(-n6c7ccccc7c7ccccc76)cc54)c3)n2)cc1. The molecule has 0 amide bonds. The minimum absolute atomic E-state index is 0.616. The van der Waals surface area contributed by atoms with E-state index in [1.54, 1.807) is 0 Å². The molecule has 0 N–H and O–H groups in total. The van der Waals surface area contributed by atoms with E-state index in [0.29, 0.717) is 17.5 Å². The van der Waals surface area contributed by atoms with Gasteiger partial charge in [-0.1, -0.05) is 164 Å². The standard InChI is InChI=1S/C57H36N6/c1-3-18-37(19-4-1)55-58-56(38-20-5-2-6-21-38)60-57(59-55)39-22-17-23-40(34-39)61-47-29-12-11-28-45(47)46-35-53(62-48-30-13-7-24-41(48)42-25-8-14-31-49(42)62)54(36-52(46)61)63-50-32-15-9-26-43(50)44-27-10-16-33-51(44)63/h1-36H. The van der Waals surface area contributed by atoms with Crippen molar-refractivity contribution >= 4 is 65.4 Å². The van der Waals surface area contributed by atoms with Crippen LogP contribution in [-0.4, -0.2) is 28.7 Å². The van der Waals surface area contributed by atoms with Gasteiger partial charge in [0, 0.05) is 54.7 Å². The molecule has 63 heavy (non-hydrogen) atoms. The molecule has 0 fully saturated rings. The molecule has 0 aliphatic rings. The van der Waals surface area contributed by atoms with Crippen molar-refractivity contribution < 1.29 is 0 Å². The van der Waals surface area contributed by atoms with Gasteiger partial charge in [0.25, 0.3) is 0 Å². The first kappa shape index (κ1) is 35.2. The molecule has 13 aromatic rings. The Bertz CT molecular complexity index is 3750. The Hall–Kier alpha value is -8.61. The number of aromatic nitrogens is 6. The first-order valence-electron chi connectivity index (χ1n) is 21.3. The summed E-state index contributed by atoms with van der Waals surface area (Å²) < 4.78 is 7.33. The summed E-state index contributed by atoms with van der Waals surface area (Å²) in [6, 6.07) is 77.5. The molecule has 0 unspecified atom stereocenters. The molecular formula is C57H36N6. The number of fused-ring (bicyclic) bond motifs is 9. The normalized spacial score (nSPS) is 11.8. The quantitative estimate of drug-likeness (QED) is 0.168. The van der Waals surface area contributed by atoms with Crippen molar-refractivity contribution in [3.8, 4) is 51.2 Å². The molecule has 0 radical (unpaired) electrons. The number of hydrogen-bond donors (Lipinski definition) is 0. The maximum Gasteiger partial charge on any atom is 0.164 e. The van der Waals surface area contributed by atoms with Crippen molar-refractivity contribution in [1.29, 1.82) is 0 Å². The molecule has 0 aliphatic carbocycles. The highest BCUT2D eigenvalue weighted by molar-refractivity contribution is 6.15. The number of nitrogens with zero attached hydrogens (tertiary/aromatic N) is 6. The molecule has 6 nitrogen and oxygen atoms in total. The van der Waals surface area contributed by atoms with Crippen LogP contribution in [0.4, 0.5) is 0 Å². The Labute approximate surface area is 362 Å². The van der Waals surface area contributed by atoms with Gasteiger partial charge in [0.05, 0.1) is 44.5 Å². The summed E-state index contributed by atoms with van der Waals surface area (Å²) in [5.41, 5.74) is 12.8. The van der Waals surface area contributed by atoms with E-state index in [2.05, 4.69) is 171 Å². The lowest BCUT2D eigenvalue weighted by molar-refractivity contribution is 1.07. The topological polar surface area (TPSA) is 53.5 Å². The predicted octanol–water partition coefficient (Wildman–Crippen LogP) is 14.2. The summed E-state index contributed by atoms with van der Waals surface area (Å²) in [6.07, 6.45) is 0. The van der Waals surface area contributed by atoms with Gasteiger partial charge >= 0.3 is 0 Å².